The number of allylic oxidation sites excluding steroid dienone is 1. The van der Waals surface area contributed by atoms with Crippen molar-refractivity contribution in [2.24, 2.45) is 52.3 Å². The molecule has 172 valence electrons. The first-order valence-electron chi connectivity index (χ1n) is 13.6. The zero-order valence-corrected chi connectivity index (χ0v) is 20.8. The summed E-state index contributed by atoms with van der Waals surface area (Å²) in [5.74, 6) is 6.61. The van der Waals surface area contributed by atoms with Crippen molar-refractivity contribution in [2.75, 3.05) is 6.61 Å². The fourth-order valence-electron chi connectivity index (χ4n) is 9.45. The van der Waals surface area contributed by atoms with Gasteiger partial charge < -0.3 is 5.11 Å². The van der Waals surface area contributed by atoms with Gasteiger partial charge in [-0.05, 0) is 110 Å². The van der Waals surface area contributed by atoms with Gasteiger partial charge in [-0.3, -0.25) is 0 Å². The smallest absolute Gasteiger partial charge is 0.0615 e. The monoisotopic (exact) mass is 414 g/mol. The Morgan fingerprint density at radius 3 is 2.43 bits per heavy atom. The molecule has 0 spiro atoms. The van der Waals surface area contributed by atoms with Gasteiger partial charge in [0.05, 0.1) is 6.61 Å². The first kappa shape index (κ1) is 22.9. The highest BCUT2D eigenvalue weighted by Gasteiger charge is 2.60. The molecule has 0 aliphatic heterocycles. The van der Waals surface area contributed by atoms with Crippen molar-refractivity contribution >= 4 is 0 Å². The van der Waals surface area contributed by atoms with Crippen LogP contribution in [-0.2, 0) is 0 Å². The molecule has 0 unspecified atom stereocenters. The number of aliphatic hydroxyl groups is 1. The van der Waals surface area contributed by atoms with Crippen molar-refractivity contribution in [3.8, 4) is 0 Å². The van der Waals surface area contributed by atoms with Crippen LogP contribution in [0.25, 0.3) is 0 Å². The second-order valence-electron chi connectivity index (χ2n) is 12.9. The molecular weight excluding hydrogens is 364 g/mol. The molecule has 1 N–H and O–H groups in total. The van der Waals surface area contributed by atoms with Crippen LogP contribution in [0.2, 0.25) is 0 Å². The third kappa shape index (κ3) is 3.95. The predicted octanol–water partition coefficient (Wildman–Crippen LogP) is 8.03. The Morgan fingerprint density at radius 1 is 0.933 bits per heavy atom. The van der Waals surface area contributed by atoms with Gasteiger partial charge in [-0.25, -0.2) is 0 Å². The maximum atomic E-state index is 9.37. The van der Waals surface area contributed by atoms with Crippen molar-refractivity contribution < 1.29 is 5.11 Å². The molecule has 4 saturated carbocycles. The van der Waals surface area contributed by atoms with Gasteiger partial charge in [0, 0.05) is 0 Å². The van der Waals surface area contributed by atoms with Crippen LogP contribution >= 0.6 is 0 Å². The highest BCUT2D eigenvalue weighted by Crippen LogP contribution is 2.68. The van der Waals surface area contributed by atoms with E-state index in [1.165, 1.54) is 77.0 Å². The van der Waals surface area contributed by atoms with Crippen molar-refractivity contribution in [3.63, 3.8) is 0 Å². The molecule has 1 nitrogen and oxygen atoms in total. The van der Waals surface area contributed by atoms with E-state index in [2.05, 4.69) is 40.7 Å². The Morgan fingerprint density at radius 2 is 1.70 bits per heavy atom. The lowest BCUT2D eigenvalue weighted by molar-refractivity contribution is -0.109. The fraction of sp³-hybridized carbons (Fsp3) is 0.931. The van der Waals surface area contributed by atoms with Crippen molar-refractivity contribution in [1.82, 2.24) is 0 Å². The van der Waals surface area contributed by atoms with Crippen LogP contribution in [0.5, 0.6) is 0 Å². The summed E-state index contributed by atoms with van der Waals surface area (Å²) < 4.78 is 0. The maximum absolute atomic E-state index is 9.37. The van der Waals surface area contributed by atoms with Crippen LogP contribution in [0.1, 0.15) is 112 Å². The van der Waals surface area contributed by atoms with Crippen LogP contribution in [0, 0.1) is 52.3 Å². The second kappa shape index (κ2) is 8.92. The molecule has 0 aromatic rings. The lowest BCUT2D eigenvalue weighted by Crippen LogP contribution is -2.53. The first-order valence-corrected chi connectivity index (χ1v) is 13.6. The van der Waals surface area contributed by atoms with Gasteiger partial charge in [0.15, 0.2) is 0 Å². The summed E-state index contributed by atoms with van der Waals surface area (Å²) in [7, 11) is 0. The van der Waals surface area contributed by atoms with E-state index in [9.17, 15) is 5.11 Å². The van der Waals surface area contributed by atoms with Gasteiger partial charge in [0.2, 0.25) is 0 Å². The number of hydrogen-bond donors (Lipinski definition) is 1. The van der Waals surface area contributed by atoms with E-state index in [0.29, 0.717) is 10.8 Å². The molecule has 0 aromatic heterocycles. The minimum Gasteiger partial charge on any atom is -0.392 e. The minimum absolute atomic E-state index is 0.238. The van der Waals surface area contributed by atoms with E-state index in [1.54, 1.807) is 5.57 Å². The predicted molar refractivity (Wildman–Crippen MR) is 128 cm³/mol. The molecule has 0 amide bonds. The first-order chi connectivity index (χ1) is 14.3. The van der Waals surface area contributed by atoms with Gasteiger partial charge in [0.25, 0.3) is 0 Å². The molecule has 4 rings (SSSR count). The summed E-state index contributed by atoms with van der Waals surface area (Å²) >= 11 is 0. The molecular formula is C29H50O. The fourth-order valence-corrected chi connectivity index (χ4v) is 9.45. The Hall–Kier alpha value is -0.300. The van der Waals surface area contributed by atoms with Gasteiger partial charge in [-0.2, -0.15) is 0 Å². The summed E-state index contributed by atoms with van der Waals surface area (Å²) in [5, 5.41) is 9.37. The maximum Gasteiger partial charge on any atom is 0.0615 e. The molecule has 4 aliphatic carbocycles. The van der Waals surface area contributed by atoms with Gasteiger partial charge in [-0.1, -0.05) is 65.5 Å². The standard InChI is InChI=1S/C29H50O/c1-20(2)7-6-8-21(3)25-11-12-26-24-10-9-23-19-22(15-18-30)13-16-28(23,4)27(24)14-17-29(25,26)5/h15,20-21,23-27,30H,6-14,16-19H2,1-5H3/b22-15+/t21-,23+,24+,25-,26+,27+,28+,29-/m1/s1. The average Bonchev–Trinajstić information content (AvgIpc) is 3.05. The molecule has 1 heteroatoms. The van der Waals surface area contributed by atoms with Crippen molar-refractivity contribution in [3.05, 3.63) is 11.6 Å². The third-order valence-electron chi connectivity index (χ3n) is 11.1. The van der Waals surface area contributed by atoms with Crippen LogP contribution in [0.3, 0.4) is 0 Å². The molecule has 0 saturated heterocycles. The Labute approximate surface area is 187 Å². The number of rotatable bonds is 6. The molecule has 8 atom stereocenters. The topological polar surface area (TPSA) is 20.2 Å². The van der Waals surface area contributed by atoms with Crippen LogP contribution in [0.4, 0.5) is 0 Å². The summed E-state index contributed by atoms with van der Waals surface area (Å²) in [6.45, 7) is 13.0. The Kier molecular flexibility index (Phi) is 6.80. The minimum atomic E-state index is 0.238. The quantitative estimate of drug-likeness (QED) is 0.436. The highest BCUT2D eigenvalue weighted by atomic mass is 16.2. The average molecular weight is 415 g/mol. The van der Waals surface area contributed by atoms with Gasteiger partial charge >= 0.3 is 0 Å². The number of hydrogen-bond acceptors (Lipinski definition) is 1. The van der Waals surface area contributed by atoms with E-state index in [4.69, 9.17) is 0 Å². The number of aliphatic hydroxyl groups excluding tert-OH is 1. The Balaban J connectivity index is 1.45. The molecule has 0 bridgehead atoms. The van der Waals surface area contributed by atoms with E-state index in [0.717, 1.165) is 41.4 Å². The molecule has 0 radical (unpaired) electrons. The van der Waals surface area contributed by atoms with Crippen LogP contribution in [0.15, 0.2) is 11.6 Å². The largest absolute Gasteiger partial charge is 0.392 e. The normalized spacial score (nSPS) is 45.8. The van der Waals surface area contributed by atoms with Gasteiger partial charge in [0.1, 0.15) is 0 Å². The summed E-state index contributed by atoms with van der Waals surface area (Å²) in [6, 6.07) is 0. The SMILES string of the molecule is CC(C)CCC[C@@H](C)[C@H]1CC[C@H]2[C@@H]3CC[C@H]4C/C(=C/CO)CC[C@]4(C)[C@H]3CC[C@]12C. The zero-order valence-electron chi connectivity index (χ0n) is 20.8. The molecule has 0 aromatic carbocycles. The molecule has 30 heavy (non-hydrogen) atoms. The van der Waals surface area contributed by atoms with E-state index in [1.807, 2.05) is 0 Å². The lowest BCUT2D eigenvalue weighted by Gasteiger charge is -2.61. The van der Waals surface area contributed by atoms with Crippen molar-refractivity contribution in [1.29, 1.82) is 0 Å². The van der Waals surface area contributed by atoms with Crippen molar-refractivity contribution in [2.45, 2.75) is 112 Å². The van der Waals surface area contributed by atoms with Crippen LogP contribution < -0.4 is 0 Å². The Bertz CT molecular complexity index is 620. The lowest BCUT2D eigenvalue weighted by atomic mass is 9.44. The van der Waals surface area contributed by atoms with Crippen LogP contribution in [-0.4, -0.2) is 11.7 Å². The molecule has 4 fully saturated rings. The number of fused-ring (bicyclic) bond motifs is 5. The molecule has 0 heterocycles. The third-order valence-corrected chi connectivity index (χ3v) is 11.1. The summed E-state index contributed by atoms with van der Waals surface area (Å²) in [6.07, 6.45) is 19.3. The summed E-state index contributed by atoms with van der Waals surface area (Å²) in [4.78, 5) is 0. The second-order valence-corrected chi connectivity index (χ2v) is 12.9. The summed E-state index contributed by atoms with van der Waals surface area (Å²) in [5.41, 5.74) is 2.74. The van der Waals surface area contributed by atoms with E-state index < -0.39 is 0 Å². The zero-order chi connectivity index (χ0) is 21.5. The highest BCUT2D eigenvalue weighted by molar-refractivity contribution is 5.15. The molecule has 4 aliphatic rings. The van der Waals surface area contributed by atoms with E-state index >= 15 is 0 Å². The van der Waals surface area contributed by atoms with Gasteiger partial charge in [-0.15, -0.1) is 0 Å². The van der Waals surface area contributed by atoms with E-state index in [-0.39, 0.29) is 6.61 Å².